The Bertz CT molecular complexity index is 132. The van der Waals surface area contributed by atoms with Crippen molar-refractivity contribution < 1.29 is 25.3 Å². The highest BCUT2D eigenvalue weighted by Gasteiger charge is 1.65. The van der Waals surface area contributed by atoms with E-state index >= 15 is 0 Å². The van der Waals surface area contributed by atoms with E-state index in [2.05, 4.69) is 0 Å². The lowest BCUT2D eigenvalue weighted by Crippen LogP contribution is -2.16. The van der Waals surface area contributed by atoms with Gasteiger partial charge in [0.1, 0.15) is 0 Å². The molecule has 7 nitrogen and oxygen atoms in total. The molecule has 0 aliphatic rings. The number of carboxylic acids is 2. The molecule has 0 unspecified atom stereocenters. The Hall–Kier alpha value is -1.65. The van der Waals surface area contributed by atoms with Crippen LogP contribution in [0.2, 0.25) is 0 Å². The van der Waals surface area contributed by atoms with Crippen LogP contribution >= 0.6 is 0 Å². The SMILES string of the molecule is CC#N.CC(=O)O.CC(=O)[O-].O.[NH4+]. The molecule has 0 saturated carbocycles. The second kappa shape index (κ2) is 31.6. The number of carbonyl (C=O) groups is 2. The molecule has 0 radical (unpaired) electrons. The van der Waals surface area contributed by atoms with E-state index in [-0.39, 0.29) is 11.6 Å². The molecule has 7 N–H and O–H groups in total. The van der Waals surface area contributed by atoms with Crippen LogP contribution in [0.5, 0.6) is 0 Å². The molecule has 0 aliphatic heterocycles. The zero-order valence-electron chi connectivity index (χ0n) is 8.12. The van der Waals surface area contributed by atoms with Crippen LogP contribution in [0.15, 0.2) is 0 Å². The second-order valence-corrected chi connectivity index (χ2v) is 1.23. The summed E-state index contributed by atoms with van der Waals surface area (Å²) in [6.07, 6.45) is 0. The van der Waals surface area contributed by atoms with Gasteiger partial charge in [-0.2, -0.15) is 5.26 Å². The van der Waals surface area contributed by atoms with Crippen LogP contribution in [0.3, 0.4) is 0 Å². The minimum Gasteiger partial charge on any atom is -0.550 e. The van der Waals surface area contributed by atoms with E-state index in [4.69, 9.17) is 25.1 Å². The molecular weight excluding hydrogens is 180 g/mol. The maximum Gasteiger partial charge on any atom is 0.300 e. The van der Waals surface area contributed by atoms with E-state index in [9.17, 15) is 0 Å². The van der Waals surface area contributed by atoms with Crippen molar-refractivity contribution in [2.75, 3.05) is 0 Å². The van der Waals surface area contributed by atoms with Gasteiger partial charge in [0.15, 0.2) is 0 Å². The van der Waals surface area contributed by atoms with Crippen molar-refractivity contribution in [3.8, 4) is 6.07 Å². The predicted molar refractivity (Wildman–Crippen MR) is 44.9 cm³/mol. The normalized spacial score (nSPS) is 4.46. The van der Waals surface area contributed by atoms with Crippen molar-refractivity contribution in [3.05, 3.63) is 0 Å². The summed E-state index contributed by atoms with van der Waals surface area (Å²) in [5, 5.41) is 23.6. The fraction of sp³-hybridized carbons (Fsp3) is 0.500. The highest BCUT2D eigenvalue weighted by Crippen LogP contribution is 1.42. The number of nitriles is 1. The molecule has 7 heteroatoms. The highest BCUT2D eigenvalue weighted by molar-refractivity contribution is 5.62. The Morgan fingerprint density at radius 1 is 1.38 bits per heavy atom. The minimum absolute atomic E-state index is 0. The van der Waals surface area contributed by atoms with E-state index in [1.54, 1.807) is 6.07 Å². The summed E-state index contributed by atoms with van der Waals surface area (Å²) >= 11 is 0. The standard InChI is InChI=1S/C2H3N.2C2H4O2.H3N.H2O/c1-2-3;2*1-2(3)4;;/h1H3;2*1H3,(H,3,4);1H3;1H2. The number of rotatable bonds is 0. The Kier molecular flexibility index (Phi) is 73.3. The van der Waals surface area contributed by atoms with Crippen molar-refractivity contribution in [3.63, 3.8) is 0 Å². The van der Waals surface area contributed by atoms with Gasteiger partial charge in [0.05, 0.1) is 6.07 Å². The van der Waals surface area contributed by atoms with Gasteiger partial charge in [-0.05, 0) is 6.92 Å². The maximum absolute atomic E-state index is 9.00. The summed E-state index contributed by atoms with van der Waals surface area (Å²) in [6, 6.07) is 1.75. The molecule has 0 saturated heterocycles. The van der Waals surface area contributed by atoms with Crippen molar-refractivity contribution >= 4 is 11.9 Å². The number of nitrogens with zero attached hydrogens (tertiary/aromatic N) is 1. The Balaban J connectivity index is -0.0000000231. The fourth-order valence-corrected chi connectivity index (χ4v) is 0. The largest absolute Gasteiger partial charge is 0.550 e. The molecule has 0 heterocycles. The van der Waals surface area contributed by atoms with Gasteiger partial charge in [0.25, 0.3) is 5.97 Å². The first kappa shape index (κ1) is 30.2. The Morgan fingerprint density at radius 2 is 1.38 bits per heavy atom. The topological polar surface area (TPSA) is 169 Å². The minimum atomic E-state index is -1.08. The average molecular weight is 196 g/mol. The lowest BCUT2D eigenvalue weighted by molar-refractivity contribution is -0.302. The van der Waals surface area contributed by atoms with E-state index < -0.39 is 11.9 Å². The lowest BCUT2D eigenvalue weighted by atomic mass is 10.9. The molecular formula is C6H16N2O5. The van der Waals surface area contributed by atoms with Crippen LogP contribution in [0.1, 0.15) is 20.8 Å². The summed E-state index contributed by atoms with van der Waals surface area (Å²) in [7, 11) is 0. The first-order valence-corrected chi connectivity index (χ1v) is 2.56. The van der Waals surface area contributed by atoms with Gasteiger partial charge in [-0.15, -0.1) is 0 Å². The Labute approximate surface area is 76.5 Å². The van der Waals surface area contributed by atoms with Gasteiger partial charge in [-0.1, -0.05) is 0 Å². The van der Waals surface area contributed by atoms with Crippen molar-refractivity contribution in [2.45, 2.75) is 20.8 Å². The van der Waals surface area contributed by atoms with Crippen molar-refractivity contribution in [1.29, 1.82) is 5.26 Å². The van der Waals surface area contributed by atoms with E-state index in [1.165, 1.54) is 6.92 Å². The molecule has 0 amide bonds. The van der Waals surface area contributed by atoms with Crippen molar-refractivity contribution in [1.82, 2.24) is 6.15 Å². The quantitative estimate of drug-likeness (QED) is 0.501. The molecule has 0 rings (SSSR count). The number of carboxylic acid groups (broad SMARTS) is 2. The van der Waals surface area contributed by atoms with E-state index in [0.29, 0.717) is 0 Å². The molecule has 0 spiro atoms. The number of quaternary nitrogens is 1. The maximum atomic E-state index is 9.00. The van der Waals surface area contributed by atoms with Crippen LogP contribution in [0, 0.1) is 11.3 Å². The molecule has 0 fully saturated rings. The summed E-state index contributed by atoms with van der Waals surface area (Å²) in [6.45, 7) is 3.49. The predicted octanol–water partition coefficient (Wildman–Crippen LogP) is -1.07. The molecule has 0 aromatic carbocycles. The van der Waals surface area contributed by atoms with Crippen LogP contribution in [-0.2, 0) is 9.59 Å². The molecule has 0 aromatic rings. The van der Waals surface area contributed by atoms with Crippen LogP contribution in [0.4, 0.5) is 0 Å². The third-order valence-corrected chi connectivity index (χ3v) is 0. The number of aliphatic carboxylic acids is 2. The molecule has 0 atom stereocenters. The smallest absolute Gasteiger partial charge is 0.300 e. The van der Waals surface area contributed by atoms with E-state index in [1.807, 2.05) is 0 Å². The molecule has 13 heavy (non-hydrogen) atoms. The molecule has 80 valence electrons. The molecule has 0 bridgehead atoms. The van der Waals surface area contributed by atoms with Gasteiger partial charge < -0.3 is 26.6 Å². The lowest BCUT2D eigenvalue weighted by Gasteiger charge is -1.77. The van der Waals surface area contributed by atoms with Gasteiger partial charge >= 0.3 is 0 Å². The van der Waals surface area contributed by atoms with Crippen molar-refractivity contribution in [2.24, 2.45) is 0 Å². The van der Waals surface area contributed by atoms with Gasteiger partial charge in [0.2, 0.25) is 0 Å². The number of hydrogen-bond acceptors (Lipinski definition) is 4. The first-order chi connectivity index (χ1) is 4.88. The fourth-order valence-electron chi connectivity index (χ4n) is 0. The molecule has 0 aromatic heterocycles. The number of carbonyl (C=O) groups excluding carboxylic acids is 1. The monoisotopic (exact) mass is 196 g/mol. The summed E-state index contributed by atoms with van der Waals surface area (Å²) in [5.74, 6) is -1.92. The zero-order chi connectivity index (χ0) is 9.86. The second-order valence-electron chi connectivity index (χ2n) is 1.23. The third kappa shape index (κ3) is 265. The summed E-state index contributed by atoms with van der Waals surface area (Å²) in [5.41, 5.74) is 0. The van der Waals surface area contributed by atoms with Gasteiger partial charge in [-0.25, -0.2) is 0 Å². The summed E-state index contributed by atoms with van der Waals surface area (Å²) < 4.78 is 0. The number of hydrogen-bond donors (Lipinski definition) is 2. The van der Waals surface area contributed by atoms with E-state index in [0.717, 1.165) is 13.8 Å². The molecule has 0 aliphatic carbocycles. The van der Waals surface area contributed by atoms with Crippen LogP contribution in [-0.4, -0.2) is 22.5 Å². The third-order valence-electron chi connectivity index (χ3n) is 0. The average Bonchev–Trinajstić information content (AvgIpc) is 1.60. The first-order valence-electron chi connectivity index (χ1n) is 2.56. The summed E-state index contributed by atoms with van der Waals surface area (Å²) in [4.78, 5) is 17.9. The Morgan fingerprint density at radius 3 is 1.38 bits per heavy atom. The van der Waals surface area contributed by atoms with Gasteiger partial charge in [0, 0.05) is 19.8 Å². The van der Waals surface area contributed by atoms with Crippen LogP contribution < -0.4 is 11.3 Å². The highest BCUT2D eigenvalue weighted by atomic mass is 16.4. The zero-order valence-corrected chi connectivity index (χ0v) is 8.12. The van der Waals surface area contributed by atoms with Gasteiger partial charge in [-0.3, -0.25) is 4.79 Å². The van der Waals surface area contributed by atoms with Crippen LogP contribution in [0.25, 0.3) is 0 Å².